The van der Waals surface area contributed by atoms with Crippen molar-refractivity contribution in [2.45, 2.75) is 4.90 Å². The van der Waals surface area contributed by atoms with E-state index in [4.69, 9.17) is 9.47 Å². The smallest absolute Gasteiger partial charge is 0.219 e. The van der Waals surface area contributed by atoms with Gasteiger partial charge in [0.1, 0.15) is 17.2 Å². The van der Waals surface area contributed by atoms with Crippen molar-refractivity contribution in [1.82, 2.24) is 4.98 Å². The summed E-state index contributed by atoms with van der Waals surface area (Å²) in [6, 6.07) is 19.5. The van der Waals surface area contributed by atoms with Crippen molar-refractivity contribution in [1.29, 1.82) is 0 Å². The molecule has 0 atom stereocenters. The van der Waals surface area contributed by atoms with Gasteiger partial charge in [-0.2, -0.15) is 0 Å². The second-order valence-corrected chi connectivity index (χ2v) is 7.11. The number of ether oxygens (including phenoxy) is 2. The van der Waals surface area contributed by atoms with Gasteiger partial charge in [-0.3, -0.25) is 0 Å². The first kappa shape index (κ1) is 16.0. The van der Waals surface area contributed by atoms with E-state index in [9.17, 15) is 8.42 Å². The number of rotatable bonds is 5. The minimum atomic E-state index is -3.26. The van der Waals surface area contributed by atoms with E-state index >= 15 is 0 Å². The molecule has 6 heteroatoms. The van der Waals surface area contributed by atoms with Gasteiger partial charge in [-0.25, -0.2) is 13.4 Å². The fourth-order valence-electron chi connectivity index (χ4n) is 1.97. The Hall–Kier alpha value is -2.86. The third-order valence-corrected chi connectivity index (χ3v) is 4.26. The molecular formula is C18H15NO4S. The van der Waals surface area contributed by atoms with E-state index in [1.54, 1.807) is 24.3 Å². The number of hydrogen-bond donors (Lipinski definition) is 0. The molecule has 0 bridgehead atoms. The van der Waals surface area contributed by atoms with Gasteiger partial charge >= 0.3 is 0 Å². The summed E-state index contributed by atoms with van der Waals surface area (Å²) in [5, 5.41) is 0. The lowest BCUT2D eigenvalue weighted by atomic mass is 10.3. The number of nitrogens with zero attached hydrogens (tertiary/aromatic N) is 1. The second kappa shape index (κ2) is 6.72. The third-order valence-electron chi connectivity index (χ3n) is 3.16. The van der Waals surface area contributed by atoms with Gasteiger partial charge in [0.15, 0.2) is 9.84 Å². The molecule has 0 N–H and O–H groups in total. The van der Waals surface area contributed by atoms with E-state index in [0.717, 1.165) is 12.0 Å². The molecule has 0 aliphatic carbocycles. The highest BCUT2D eigenvalue weighted by Crippen LogP contribution is 2.26. The van der Waals surface area contributed by atoms with E-state index in [0.29, 0.717) is 17.4 Å². The van der Waals surface area contributed by atoms with Crippen LogP contribution in [0.5, 0.6) is 23.1 Å². The first-order valence-corrected chi connectivity index (χ1v) is 9.07. The lowest BCUT2D eigenvalue weighted by Gasteiger charge is -2.08. The van der Waals surface area contributed by atoms with Crippen LogP contribution in [-0.4, -0.2) is 19.7 Å². The van der Waals surface area contributed by atoms with Gasteiger partial charge < -0.3 is 9.47 Å². The van der Waals surface area contributed by atoms with Crippen molar-refractivity contribution in [2.24, 2.45) is 0 Å². The number of hydrogen-bond acceptors (Lipinski definition) is 5. The molecule has 0 saturated heterocycles. The maximum absolute atomic E-state index is 11.4. The van der Waals surface area contributed by atoms with Gasteiger partial charge in [-0.1, -0.05) is 18.2 Å². The molecule has 1 heterocycles. The van der Waals surface area contributed by atoms with Gasteiger partial charge in [0, 0.05) is 18.5 Å². The SMILES string of the molecule is CS(=O)(=O)c1ccc(Oc2ccc(Oc3ccccc3)cc2)nc1. The van der Waals surface area contributed by atoms with Crippen LogP contribution in [0.2, 0.25) is 0 Å². The molecular weight excluding hydrogens is 326 g/mol. The van der Waals surface area contributed by atoms with Crippen molar-refractivity contribution in [3.05, 3.63) is 72.9 Å². The number of para-hydroxylation sites is 1. The third kappa shape index (κ3) is 4.11. The van der Waals surface area contributed by atoms with Crippen molar-refractivity contribution in [2.75, 3.05) is 6.26 Å². The molecule has 0 amide bonds. The monoisotopic (exact) mass is 341 g/mol. The summed E-state index contributed by atoms with van der Waals surface area (Å²) < 4.78 is 34.1. The summed E-state index contributed by atoms with van der Waals surface area (Å²) in [4.78, 5) is 4.15. The summed E-state index contributed by atoms with van der Waals surface area (Å²) in [7, 11) is -3.26. The predicted octanol–water partition coefficient (Wildman–Crippen LogP) is 4.07. The molecule has 0 spiro atoms. The second-order valence-electron chi connectivity index (χ2n) is 5.09. The van der Waals surface area contributed by atoms with Gasteiger partial charge in [0.05, 0.1) is 4.90 Å². The van der Waals surface area contributed by atoms with Crippen LogP contribution < -0.4 is 9.47 Å². The fraction of sp³-hybridized carbons (Fsp3) is 0.0556. The lowest BCUT2D eigenvalue weighted by molar-refractivity contribution is 0.456. The number of aromatic nitrogens is 1. The summed E-state index contributed by atoms with van der Waals surface area (Å²) >= 11 is 0. The minimum absolute atomic E-state index is 0.154. The average Bonchev–Trinajstić information content (AvgIpc) is 2.57. The van der Waals surface area contributed by atoms with Crippen LogP contribution in [0, 0.1) is 0 Å². The van der Waals surface area contributed by atoms with Crippen molar-refractivity contribution >= 4 is 9.84 Å². The molecule has 0 unspecified atom stereocenters. The molecule has 0 aliphatic rings. The van der Waals surface area contributed by atoms with Crippen LogP contribution in [-0.2, 0) is 9.84 Å². The van der Waals surface area contributed by atoms with Crippen molar-refractivity contribution < 1.29 is 17.9 Å². The van der Waals surface area contributed by atoms with Crippen LogP contribution in [0.25, 0.3) is 0 Å². The Labute approximate surface area is 140 Å². The number of benzene rings is 2. The first-order chi connectivity index (χ1) is 11.5. The van der Waals surface area contributed by atoms with Crippen LogP contribution in [0.4, 0.5) is 0 Å². The molecule has 0 aliphatic heterocycles. The number of sulfone groups is 1. The standard InChI is InChI=1S/C18H15NO4S/c1-24(20,21)17-11-12-18(19-13-17)23-16-9-7-15(8-10-16)22-14-5-3-2-4-6-14/h2-13H,1H3. The molecule has 1 aromatic heterocycles. The zero-order valence-corrected chi connectivity index (χ0v) is 13.7. The normalized spacial score (nSPS) is 11.0. The largest absolute Gasteiger partial charge is 0.457 e. The number of pyridine rings is 1. The Balaban J connectivity index is 1.68. The molecule has 3 aromatic rings. The predicted molar refractivity (Wildman–Crippen MR) is 90.4 cm³/mol. The highest BCUT2D eigenvalue weighted by molar-refractivity contribution is 7.90. The summed E-state index contributed by atoms with van der Waals surface area (Å²) in [6.07, 6.45) is 2.41. The van der Waals surface area contributed by atoms with Crippen LogP contribution in [0.1, 0.15) is 0 Å². The lowest BCUT2D eigenvalue weighted by Crippen LogP contribution is -1.98. The molecule has 0 saturated carbocycles. The molecule has 0 radical (unpaired) electrons. The van der Waals surface area contributed by atoms with E-state index in [2.05, 4.69) is 4.98 Å². The zero-order chi connectivity index (χ0) is 17.0. The minimum Gasteiger partial charge on any atom is -0.457 e. The molecule has 3 rings (SSSR count). The Bertz CT molecular complexity index is 905. The molecule has 122 valence electrons. The van der Waals surface area contributed by atoms with Crippen LogP contribution in [0.15, 0.2) is 77.8 Å². The highest BCUT2D eigenvalue weighted by atomic mass is 32.2. The van der Waals surface area contributed by atoms with Gasteiger partial charge in [0.25, 0.3) is 0 Å². The van der Waals surface area contributed by atoms with E-state index in [-0.39, 0.29) is 4.90 Å². The van der Waals surface area contributed by atoms with E-state index < -0.39 is 9.84 Å². The average molecular weight is 341 g/mol. The van der Waals surface area contributed by atoms with Crippen molar-refractivity contribution in [3.8, 4) is 23.1 Å². The molecule has 24 heavy (non-hydrogen) atoms. The quantitative estimate of drug-likeness (QED) is 0.700. The van der Waals surface area contributed by atoms with Gasteiger partial charge in [-0.05, 0) is 42.5 Å². The summed E-state index contributed by atoms with van der Waals surface area (Å²) in [5.74, 6) is 2.34. The Kier molecular flexibility index (Phi) is 4.48. The first-order valence-electron chi connectivity index (χ1n) is 7.18. The summed E-state index contributed by atoms with van der Waals surface area (Å²) in [5.41, 5.74) is 0. The molecule has 2 aromatic carbocycles. The topological polar surface area (TPSA) is 65.5 Å². The fourth-order valence-corrected chi connectivity index (χ4v) is 2.53. The zero-order valence-electron chi connectivity index (χ0n) is 12.9. The Morgan fingerprint density at radius 1 is 0.750 bits per heavy atom. The van der Waals surface area contributed by atoms with Gasteiger partial charge in [-0.15, -0.1) is 0 Å². The highest BCUT2D eigenvalue weighted by Gasteiger charge is 2.08. The maximum atomic E-state index is 11.4. The molecule has 0 fully saturated rings. The summed E-state index contributed by atoms with van der Waals surface area (Å²) in [6.45, 7) is 0. The van der Waals surface area contributed by atoms with E-state index in [1.165, 1.54) is 18.3 Å². The molecule has 5 nitrogen and oxygen atoms in total. The van der Waals surface area contributed by atoms with Crippen LogP contribution >= 0.6 is 0 Å². The van der Waals surface area contributed by atoms with E-state index in [1.807, 2.05) is 30.3 Å². The Morgan fingerprint density at radius 2 is 1.33 bits per heavy atom. The van der Waals surface area contributed by atoms with Crippen molar-refractivity contribution in [3.63, 3.8) is 0 Å². The van der Waals surface area contributed by atoms with Gasteiger partial charge in [0.2, 0.25) is 5.88 Å². The maximum Gasteiger partial charge on any atom is 0.219 e. The van der Waals surface area contributed by atoms with Crippen LogP contribution in [0.3, 0.4) is 0 Å². The Morgan fingerprint density at radius 3 is 1.88 bits per heavy atom.